The molecule has 0 unspecified atom stereocenters. The van der Waals surface area contributed by atoms with Gasteiger partial charge in [0.15, 0.2) is 0 Å². The summed E-state index contributed by atoms with van der Waals surface area (Å²) in [5.74, 6) is -1.12. The Hall–Kier alpha value is -2.11. The van der Waals surface area contributed by atoms with Gasteiger partial charge in [0, 0.05) is 25.2 Å². The zero-order chi connectivity index (χ0) is 15.2. The molecule has 0 spiro atoms. The predicted molar refractivity (Wildman–Crippen MR) is 80.0 cm³/mol. The van der Waals surface area contributed by atoms with Gasteiger partial charge >= 0.3 is 5.97 Å². The topological polar surface area (TPSA) is 83.7 Å². The molecular formula is C15H20N2O4. The number of carboxylic acid groups (broad SMARTS) is 1. The third-order valence-corrected chi connectivity index (χ3v) is 3.87. The number of hydrogen-bond donors (Lipinski definition) is 1. The second kappa shape index (κ2) is 7.06. The average Bonchev–Trinajstić information content (AvgIpc) is 2.60. The molecule has 6 heteroatoms. The molecule has 0 radical (unpaired) electrons. The SMILES string of the molecule is O=C(O)c1cc([N+](=O)[O-])ccc1N1CCCCCCCC1. The number of anilines is 1. The van der Waals surface area contributed by atoms with Crippen LogP contribution in [0.1, 0.15) is 48.9 Å². The van der Waals surface area contributed by atoms with Crippen LogP contribution in [-0.4, -0.2) is 29.1 Å². The van der Waals surface area contributed by atoms with Crippen LogP contribution in [0.5, 0.6) is 0 Å². The number of rotatable bonds is 3. The molecule has 0 saturated carbocycles. The third-order valence-electron chi connectivity index (χ3n) is 3.87. The molecule has 0 aliphatic carbocycles. The van der Waals surface area contributed by atoms with E-state index in [9.17, 15) is 20.0 Å². The highest BCUT2D eigenvalue weighted by Crippen LogP contribution is 2.27. The van der Waals surface area contributed by atoms with Gasteiger partial charge in [-0.1, -0.05) is 25.7 Å². The van der Waals surface area contributed by atoms with Crippen molar-refractivity contribution < 1.29 is 14.8 Å². The highest BCUT2D eigenvalue weighted by molar-refractivity contribution is 5.95. The molecule has 0 aromatic heterocycles. The number of nitro groups is 1. The van der Waals surface area contributed by atoms with Crippen LogP contribution in [0.3, 0.4) is 0 Å². The van der Waals surface area contributed by atoms with Crippen molar-refractivity contribution >= 4 is 17.3 Å². The van der Waals surface area contributed by atoms with Crippen LogP contribution in [0.2, 0.25) is 0 Å². The van der Waals surface area contributed by atoms with Gasteiger partial charge in [-0.15, -0.1) is 0 Å². The zero-order valence-electron chi connectivity index (χ0n) is 12.0. The Bertz CT molecular complexity index is 520. The van der Waals surface area contributed by atoms with Crippen LogP contribution in [-0.2, 0) is 0 Å². The molecule has 1 saturated heterocycles. The number of aromatic carboxylic acids is 1. The molecule has 1 heterocycles. The summed E-state index contributed by atoms with van der Waals surface area (Å²) >= 11 is 0. The molecule has 0 bridgehead atoms. The van der Waals surface area contributed by atoms with Crippen LogP contribution >= 0.6 is 0 Å². The van der Waals surface area contributed by atoms with Crippen LogP contribution in [0, 0.1) is 10.1 Å². The van der Waals surface area contributed by atoms with Crippen molar-refractivity contribution in [2.75, 3.05) is 18.0 Å². The molecule has 1 aromatic carbocycles. The van der Waals surface area contributed by atoms with Crippen molar-refractivity contribution in [1.29, 1.82) is 0 Å². The van der Waals surface area contributed by atoms with E-state index in [1.165, 1.54) is 18.9 Å². The lowest BCUT2D eigenvalue weighted by Crippen LogP contribution is -2.27. The molecule has 0 atom stereocenters. The van der Waals surface area contributed by atoms with Crippen molar-refractivity contribution in [3.8, 4) is 0 Å². The highest BCUT2D eigenvalue weighted by atomic mass is 16.6. The summed E-state index contributed by atoms with van der Waals surface area (Å²) in [7, 11) is 0. The van der Waals surface area contributed by atoms with Crippen LogP contribution < -0.4 is 4.90 Å². The molecule has 1 fully saturated rings. The van der Waals surface area contributed by atoms with E-state index in [0.717, 1.165) is 44.8 Å². The van der Waals surface area contributed by atoms with Gasteiger partial charge in [0.2, 0.25) is 0 Å². The number of nitro benzene ring substituents is 1. The van der Waals surface area contributed by atoms with E-state index < -0.39 is 10.9 Å². The normalized spacial score (nSPS) is 16.7. The maximum atomic E-state index is 11.4. The standard InChI is InChI=1S/C15H20N2O4/c18-15(19)13-11-12(17(20)21)7-8-14(13)16-9-5-3-1-2-4-6-10-16/h7-8,11H,1-6,9-10H2,(H,18,19). The van der Waals surface area contributed by atoms with Gasteiger partial charge < -0.3 is 10.0 Å². The molecular weight excluding hydrogens is 272 g/mol. The second-order valence-corrected chi connectivity index (χ2v) is 5.37. The first kappa shape index (κ1) is 15.3. The summed E-state index contributed by atoms with van der Waals surface area (Å²) in [6, 6.07) is 4.11. The molecule has 2 rings (SSSR count). The van der Waals surface area contributed by atoms with Gasteiger partial charge in [0.05, 0.1) is 16.2 Å². The Morgan fingerprint density at radius 3 is 2.19 bits per heavy atom. The quantitative estimate of drug-likeness (QED) is 0.681. The average molecular weight is 292 g/mol. The summed E-state index contributed by atoms with van der Waals surface area (Å²) in [6.07, 6.45) is 6.78. The minimum absolute atomic E-state index is 0.0171. The number of carbonyl (C=O) groups is 1. The summed E-state index contributed by atoms with van der Waals surface area (Å²) in [6.45, 7) is 1.61. The Balaban J connectivity index is 2.31. The first-order valence-corrected chi connectivity index (χ1v) is 7.36. The van der Waals surface area contributed by atoms with E-state index in [1.807, 2.05) is 0 Å². The van der Waals surface area contributed by atoms with Crippen molar-refractivity contribution in [2.45, 2.75) is 38.5 Å². The molecule has 1 aliphatic rings. The van der Waals surface area contributed by atoms with Crippen LogP contribution in [0.4, 0.5) is 11.4 Å². The largest absolute Gasteiger partial charge is 0.478 e. The van der Waals surface area contributed by atoms with Crippen molar-refractivity contribution in [3.63, 3.8) is 0 Å². The summed E-state index contributed by atoms with van der Waals surface area (Å²) in [4.78, 5) is 23.7. The smallest absolute Gasteiger partial charge is 0.338 e. The highest BCUT2D eigenvalue weighted by Gasteiger charge is 2.20. The Morgan fingerprint density at radius 1 is 1.10 bits per heavy atom. The first-order chi connectivity index (χ1) is 10.1. The second-order valence-electron chi connectivity index (χ2n) is 5.37. The summed E-state index contributed by atoms with van der Waals surface area (Å²) < 4.78 is 0. The van der Waals surface area contributed by atoms with E-state index in [2.05, 4.69) is 4.90 Å². The number of nitrogens with zero attached hydrogens (tertiary/aromatic N) is 2. The first-order valence-electron chi connectivity index (χ1n) is 7.36. The van der Waals surface area contributed by atoms with E-state index >= 15 is 0 Å². The molecule has 114 valence electrons. The van der Waals surface area contributed by atoms with Gasteiger partial charge in [0.25, 0.3) is 5.69 Å². The molecule has 0 amide bonds. The van der Waals surface area contributed by atoms with Gasteiger partial charge in [-0.25, -0.2) is 4.79 Å². The predicted octanol–water partition coefficient (Wildman–Crippen LogP) is 3.45. The molecule has 1 aliphatic heterocycles. The minimum atomic E-state index is -1.12. The minimum Gasteiger partial charge on any atom is -0.478 e. The monoisotopic (exact) mass is 292 g/mol. The summed E-state index contributed by atoms with van der Waals surface area (Å²) in [5.41, 5.74) is 0.430. The zero-order valence-corrected chi connectivity index (χ0v) is 12.0. The summed E-state index contributed by atoms with van der Waals surface area (Å²) in [5, 5.41) is 20.1. The van der Waals surface area contributed by atoms with Crippen LogP contribution in [0.25, 0.3) is 0 Å². The lowest BCUT2D eigenvalue weighted by atomic mass is 10.1. The maximum absolute atomic E-state index is 11.4. The van der Waals surface area contributed by atoms with Crippen molar-refractivity contribution in [3.05, 3.63) is 33.9 Å². The van der Waals surface area contributed by atoms with E-state index in [1.54, 1.807) is 6.07 Å². The van der Waals surface area contributed by atoms with E-state index in [4.69, 9.17) is 0 Å². The van der Waals surface area contributed by atoms with Gasteiger partial charge in [-0.05, 0) is 18.9 Å². The van der Waals surface area contributed by atoms with Gasteiger partial charge in [0.1, 0.15) is 0 Å². The molecule has 21 heavy (non-hydrogen) atoms. The van der Waals surface area contributed by atoms with Crippen LogP contribution in [0.15, 0.2) is 18.2 Å². The Labute approximate surface area is 123 Å². The fourth-order valence-corrected chi connectivity index (χ4v) is 2.75. The number of carboxylic acids is 1. The molecule has 6 nitrogen and oxygen atoms in total. The lowest BCUT2D eigenvalue weighted by molar-refractivity contribution is -0.384. The maximum Gasteiger partial charge on any atom is 0.338 e. The van der Waals surface area contributed by atoms with Crippen molar-refractivity contribution in [1.82, 2.24) is 0 Å². The molecule has 1 aromatic rings. The van der Waals surface area contributed by atoms with Crippen molar-refractivity contribution in [2.24, 2.45) is 0 Å². The third kappa shape index (κ3) is 3.93. The lowest BCUT2D eigenvalue weighted by Gasteiger charge is -2.25. The Kier molecular flexibility index (Phi) is 5.14. The Morgan fingerprint density at radius 2 is 1.67 bits per heavy atom. The molecule has 1 N–H and O–H groups in total. The number of hydrogen-bond acceptors (Lipinski definition) is 4. The fraction of sp³-hybridized carbons (Fsp3) is 0.533. The van der Waals surface area contributed by atoms with E-state index in [-0.39, 0.29) is 11.3 Å². The van der Waals surface area contributed by atoms with Gasteiger partial charge in [-0.3, -0.25) is 10.1 Å². The van der Waals surface area contributed by atoms with Gasteiger partial charge in [-0.2, -0.15) is 0 Å². The van der Waals surface area contributed by atoms with E-state index in [0.29, 0.717) is 5.69 Å². The number of benzene rings is 1. The number of non-ortho nitro benzene ring substituents is 1. The fourth-order valence-electron chi connectivity index (χ4n) is 2.75.